The SMILES string of the molecule is O=C(C=Cc1ccc(F)cc1F)NC(CO)c1cccc(N2CCOCC2)c1. The lowest BCUT2D eigenvalue weighted by atomic mass is 10.1. The molecule has 0 saturated carbocycles. The number of carbonyl (C=O) groups excluding carboxylic acids is 1. The fourth-order valence-corrected chi connectivity index (χ4v) is 3.02. The first kappa shape index (κ1) is 20.0. The maximum atomic E-state index is 13.6. The summed E-state index contributed by atoms with van der Waals surface area (Å²) in [6.45, 7) is 2.61. The van der Waals surface area contributed by atoms with Crippen LogP contribution in [0.15, 0.2) is 48.5 Å². The van der Waals surface area contributed by atoms with Crippen LogP contribution < -0.4 is 10.2 Å². The number of hydrogen-bond donors (Lipinski definition) is 2. The molecule has 0 aromatic heterocycles. The Morgan fingerprint density at radius 2 is 2.00 bits per heavy atom. The third-order valence-corrected chi connectivity index (χ3v) is 4.52. The van der Waals surface area contributed by atoms with Gasteiger partial charge in [0.25, 0.3) is 0 Å². The van der Waals surface area contributed by atoms with Crippen molar-refractivity contribution >= 4 is 17.7 Å². The molecular weight excluding hydrogens is 366 g/mol. The fraction of sp³-hybridized carbons (Fsp3) is 0.286. The van der Waals surface area contributed by atoms with Gasteiger partial charge in [-0.15, -0.1) is 0 Å². The number of ether oxygens (including phenoxy) is 1. The smallest absolute Gasteiger partial charge is 0.244 e. The number of halogens is 2. The minimum absolute atomic E-state index is 0.103. The van der Waals surface area contributed by atoms with Crippen LogP contribution in [0.5, 0.6) is 0 Å². The van der Waals surface area contributed by atoms with E-state index in [-0.39, 0.29) is 12.2 Å². The van der Waals surface area contributed by atoms with Crippen LogP contribution in [0.2, 0.25) is 0 Å². The summed E-state index contributed by atoms with van der Waals surface area (Å²) in [6.07, 6.45) is 2.42. The van der Waals surface area contributed by atoms with Crippen molar-refractivity contribution in [2.75, 3.05) is 37.8 Å². The second-order valence-corrected chi connectivity index (χ2v) is 6.44. The Morgan fingerprint density at radius 1 is 1.21 bits per heavy atom. The molecule has 3 rings (SSSR count). The Morgan fingerprint density at radius 3 is 2.71 bits per heavy atom. The number of rotatable bonds is 6. The van der Waals surface area contributed by atoms with Gasteiger partial charge in [-0.3, -0.25) is 4.79 Å². The normalized spacial score (nSPS) is 15.6. The van der Waals surface area contributed by atoms with E-state index in [2.05, 4.69) is 10.2 Å². The molecule has 1 aliphatic rings. The average Bonchev–Trinajstić information content (AvgIpc) is 2.72. The van der Waals surface area contributed by atoms with Crippen LogP contribution >= 0.6 is 0 Å². The van der Waals surface area contributed by atoms with Crippen molar-refractivity contribution in [3.63, 3.8) is 0 Å². The third-order valence-electron chi connectivity index (χ3n) is 4.52. The zero-order chi connectivity index (χ0) is 19.9. The van der Waals surface area contributed by atoms with Gasteiger partial charge in [-0.2, -0.15) is 0 Å². The fourth-order valence-electron chi connectivity index (χ4n) is 3.02. The molecule has 2 aromatic rings. The number of carbonyl (C=O) groups is 1. The zero-order valence-electron chi connectivity index (χ0n) is 15.3. The van der Waals surface area contributed by atoms with Crippen LogP contribution in [0.25, 0.3) is 6.08 Å². The molecule has 1 fully saturated rings. The lowest BCUT2D eigenvalue weighted by Crippen LogP contribution is -2.36. The Bertz CT molecular complexity index is 851. The van der Waals surface area contributed by atoms with Crippen LogP contribution in [0.4, 0.5) is 14.5 Å². The number of anilines is 1. The van der Waals surface area contributed by atoms with E-state index in [1.165, 1.54) is 12.1 Å². The Labute approximate surface area is 162 Å². The van der Waals surface area contributed by atoms with Crippen molar-refractivity contribution in [3.8, 4) is 0 Å². The second-order valence-electron chi connectivity index (χ2n) is 6.44. The van der Waals surface area contributed by atoms with Crippen molar-refractivity contribution < 1.29 is 23.4 Å². The Balaban J connectivity index is 1.67. The molecule has 0 bridgehead atoms. The van der Waals surface area contributed by atoms with E-state index in [1.807, 2.05) is 24.3 Å². The third kappa shape index (κ3) is 5.15. The molecule has 5 nitrogen and oxygen atoms in total. The Hall–Kier alpha value is -2.77. The molecule has 1 amide bonds. The predicted molar refractivity (Wildman–Crippen MR) is 103 cm³/mol. The van der Waals surface area contributed by atoms with E-state index in [0.717, 1.165) is 42.5 Å². The molecule has 0 radical (unpaired) electrons. The lowest BCUT2D eigenvalue weighted by Gasteiger charge is -2.29. The number of amides is 1. The molecule has 0 spiro atoms. The van der Waals surface area contributed by atoms with Gasteiger partial charge in [0.1, 0.15) is 11.6 Å². The number of benzene rings is 2. The highest BCUT2D eigenvalue weighted by Crippen LogP contribution is 2.22. The summed E-state index contributed by atoms with van der Waals surface area (Å²) in [4.78, 5) is 14.4. The van der Waals surface area contributed by atoms with Gasteiger partial charge >= 0.3 is 0 Å². The second kappa shape index (κ2) is 9.43. The molecule has 2 aromatic carbocycles. The lowest BCUT2D eigenvalue weighted by molar-refractivity contribution is -0.117. The Kier molecular flexibility index (Phi) is 6.73. The maximum Gasteiger partial charge on any atom is 0.244 e. The molecular formula is C21H22F2N2O3. The molecule has 28 heavy (non-hydrogen) atoms. The minimum atomic E-state index is -0.749. The van der Waals surface area contributed by atoms with E-state index in [0.29, 0.717) is 13.2 Å². The van der Waals surface area contributed by atoms with Crippen LogP contribution in [-0.2, 0) is 9.53 Å². The van der Waals surface area contributed by atoms with Crippen LogP contribution in [0.1, 0.15) is 17.2 Å². The summed E-state index contributed by atoms with van der Waals surface area (Å²) in [5, 5.41) is 12.4. The average molecular weight is 388 g/mol. The number of aliphatic hydroxyl groups is 1. The quantitative estimate of drug-likeness (QED) is 0.747. The predicted octanol–water partition coefficient (Wildman–Crippen LogP) is 2.66. The number of nitrogens with zero attached hydrogens (tertiary/aromatic N) is 1. The molecule has 2 N–H and O–H groups in total. The topological polar surface area (TPSA) is 61.8 Å². The molecule has 1 heterocycles. The van der Waals surface area contributed by atoms with Crippen LogP contribution in [-0.4, -0.2) is 43.9 Å². The summed E-state index contributed by atoms with van der Waals surface area (Å²) in [5.41, 5.74) is 1.87. The van der Waals surface area contributed by atoms with Gasteiger partial charge in [0, 0.05) is 36.5 Å². The van der Waals surface area contributed by atoms with E-state index in [9.17, 15) is 18.7 Å². The van der Waals surface area contributed by atoms with Crippen LogP contribution in [0.3, 0.4) is 0 Å². The van der Waals surface area contributed by atoms with Crippen LogP contribution in [0, 0.1) is 11.6 Å². The zero-order valence-corrected chi connectivity index (χ0v) is 15.3. The number of morpholine rings is 1. The van der Waals surface area contributed by atoms with Gasteiger partial charge in [-0.25, -0.2) is 8.78 Å². The monoisotopic (exact) mass is 388 g/mol. The molecule has 1 atom stereocenters. The van der Waals surface area contributed by atoms with Crippen molar-refractivity contribution in [1.29, 1.82) is 0 Å². The summed E-state index contributed by atoms with van der Waals surface area (Å²) >= 11 is 0. The summed E-state index contributed by atoms with van der Waals surface area (Å²) in [7, 11) is 0. The molecule has 1 unspecified atom stereocenters. The number of hydrogen-bond acceptors (Lipinski definition) is 4. The molecule has 148 valence electrons. The van der Waals surface area contributed by atoms with E-state index < -0.39 is 23.6 Å². The van der Waals surface area contributed by atoms with Gasteiger partial charge < -0.3 is 20.1 Å². The first-order valence-electron chi connectivity index (χ1n) is 9.04. The molecule has 7 heteroatoms. The highest BCUT2D eigenvalue weighted by molar-refractivity contribution is 5.92. The molecule has 0 aliphatic carbocycles. The van der Waals surface area contributed by atoms with Gasteiger partial charge in [0.2, 0.25) is 5.91 Å². The van der Waals surface area contributed by atoms with Gasteiger partial charge in [-0.1, -0.05) is 12.1 Å². The van der Waals surface area contributed by atoms with E-state index in [4.69, 9.17) is 4.74 Å². The highest BCUT2D eigenvalue weighted by atomic mass is 19.1. The first-order chi connectivity index (χ1) is 13.6. The first-order valence-corrected chi connectivity index (χ1v) is 9.04. The number of nitrogens with one attached hydrogen (secondary N) is 1. The van der Waals surface area contributed by atoms with Gasteiger partial charge in [0.15, 0.2) is 0 Å². The van der Waals surface area contributed by atoms with Crippen molar-refractivity contribution in [2.24, 2.45) is 0 Å². The van der Waals surface area contributed by atoms with Crippen molar-refractivity contribution in [1.82, 2.24) is 5.32 Å². The largest absolute Gasteiger partial charge is 0.394 e. The highest BCUT2D eigenvalue weighted by Gasteiger charge is 2.16. The van der Waals surface area contributed by atoms with Crippen molar-refractivity contribution in [2.45, 2.75) is 6.04 Å². The van der Waals surface area contributed by atoms with Crippen molar-refractivity contribution in [3.05, 3.63) is 71.3 Å². The maximum absolute atomic E-state index is 13.6. The van der Waals surface area contributed by atoms with E-state index in [1.54, 1.807) is 0 Å². The summed E-state index contributed by atoms with van der Waals surface area (Å²) in [5.74, 6) is -1.92. The minimum Gasteiger partial charge on any atom is -0.394 e. The molecule has 1 saturated heterocycles. The molecule has 1 aliphatic heterocycles. The van der Waals surface area contributed by atoms with Gasteiger partial charge in [0.05, 0.1) is 25.9 Å². The van der Waals surface area contributed by atoms with Gasteiger partial charge in [-0.05, 0) is 35.9 Å². The summed E-state index contributed by atoms with van der Waals surface area (Å²) < 4.78 is 31.9. The standard InChI is InChI=1S/C21H22F2N2O3/c22-17-6-4-15(19(23)13-17)5-7-21(27)24-20(14-26)16-2-1-3-18(12-16)25-8-10-28-11-9-25/h1-7,12-13,20,26H,8-11,14H2,(H,24,27). The summed E-state index contributed by atoms with van der Waals surface area (Å²) in [6, 6.07) is 10.1. The number of aliphatic hydroxyl groups excluding tert-OH is 1. The van der Waals surface area contributed by atoms with E-state index >= 15 is 0 Å².